The second-order valence-corrected chi connectivity index (χ2v) is 5.82. The topological polar surface area (TPSA) is 32.3 Å². The molecular formula is C12H25NOS. The molecule has 3 heteroatoms. The van der Waals surface area contributed by atoms with Crippen LogP contribution >= 0.6 is 11.8 Å². The summed E-state index contributed by atoms with van der Waals surface area (Å²) in [4.78, 5) is 0. The molecule has 0 bridgehead atoms. The fourth-order valence-corrected chi connectivity index (χ4v) is 2.97. The molecule has 2 nitrogen and oxygen atoms in total. The molecule has 2 N–H and O–H groups in total. The van der Waals surface area contributed by atoms with E-state index < -0.39 is 5.60 Å². The van der Waals surface area contributed by atoms with Crippen molar-refractivity contribution in [3.05, 3.63) is 0 Å². The van der Waals surface area contributed by atoms with E-state index in [1.54, 1.807) is 0 Å². The van der Waals surface area contributed by atoms with Crippen molar-refractivity contribution in [1.29, 1.82) is 0 Å². The predicted octanol–water partition coefficient (Wildman–Crippen LogP) is 2.41. The van der Waals surface area contributed by atoms with Gasteiger partial charge in [0.2, 0.25) is 0 Å². The summed E-state index contributed by atoms with van der Waals surface area (Å²) in [6, 6.07) is 0.632. The molecule has 0 aromatic carbocycles. The minimum atomic E-state index is -0.489. The smallest absolute Gasteiger partial charge is 0.0766 e. The van der Waals surface area contributed by atoms with Crippen LogP contribution in [0.3, 0.4) is 0 Å². The summed E-state index contributed by atoms with van der Waals surface area (Å²) in [6.07, 6.45) is 7.75. The van der Waals surface area contributed by atoms with Crippen molar-refractivity contribution in [3.8, 4) is 0 Å². The molecule has 2 unspecified atom stereocenters. The average Bonchev–Trinajstić information content (AvgIpc) is 2.74. The van der Waals surface area contributed by atoms with E-state index in [0.717, 1.165) is 24.6 Å². The maximum Gasteiger partial charge on any atom is 0.0766 e. The monoisotopic (exact) mass is 231 g/mol. The zero-order valence-electron chi connectivity index (χ0n) is 10.3. The first-order chi connectivity index (χ1) is 7.13. The van der Waals surface area contributed by atoms with E-state index in [0.29, 0.717) is 6.04 Å². The van der Waals surface area contributed by atoms with Gasteiger partial charge in [0.25, 0.3) is 0 Å². The van der Waals surface area contributed by atoms with Crippen LogP contribution in [0.25, 0.3) is 0 Å². The fourth-order valence-electron chi connectivity index (χ4n) is 2.17. The van der Waals surface area contributed by atoms with Crippen molar-refractivity contribution >= 4 is 11.8 Å². The maximum atomic E-state index is 10.1. The Kier molecular flexibility index (Phi) is 5.44. The molecule has 0 radical (unpaired) electrons. The Bertz CT molecular complexity index is 182. The normalized spacial score (nSPS) is 27.2. The molecule has 1 saturated carbocycles. The lowest BCUT2D eigenvalue weighted by Crippen LogP contribution is -2.43. The first-order valence-corrected chi connectivity index (χ1v) is 7.41. The predicted molar refractivity (Wildman–Crippen MR) is 68.5 cm³/mol. The van der Waals surface area contributed by atoms with Crippen LogP contribution in [0.1, 0.15) is 46.0 Å². The highest BCUT2D eigenvalue weighted by Gasteiger charge is 2.27. The van der Waals surface area contributed by atoms with Crippen LogP contribution < -0.4 is 5.32 Å². The standard InChI is InChI=1S/C12H25NOS/c1-4-12(14,5-2)9-13-10-6-7-11(8-10)15-3/h10-11,13-14H,4-9H2,1-3H3. The molecule has 0 saturated heterocycles. The van der Waals surface area contributed by atoms with Gasteiger partial charge in [0.15, 0.2) is 0 Å². The van der Waals surface area contributed by atoms with E-state index in [4.69, 9.17) is 0 Å². The highest BCUT2D eigenvalue weighted by Crippen LogP contribution is 2.28. The lowest BCUT2D eigenvalue weighted by molar-refractivity contribution is 0.0300. The van der Waals surface area contributed by atoms with Gasteiger partial charge in [-0.2, -0.15) is 11.8 Å². The number of thioether (sulfide) groups is 1. The Morgan fingerprint density at radius 2 is 2.00 bits per heavy atom. The molecule has 1 fully saturated rings. The molecule has 0 amide bonds. The van der Waals surface area contributed by atoms with Gasteiger partial charge in [-0.1, -0.05) is 13.8 Å². The first-order valence-electron chi connectivity index (χ1n) is 6.12. The SMILES string of the molecule is CCC(O)(CC)CNC1CCC(SC)C1. The number of rotatable bonds is 6. The molecule has 1 aliphatic carbocycles. The van der Waals surface area contributed by atoms with Crippen LogP contribution in [0.4, 0.5) is 0 Å². The molecular weight excluding hydrogens is 206 g/mol. The Morgan fingerprint density at radius 1 is 1.33 bits per heavy atom. The summed E-state index contributed by atoms with van der Waals surface area (Å²) in [7, 11) is 0. The lowest BCUT2D eigenvalue weighted by atomic mass is 9.97. The van der Waals surface area contributed by atoms with Gasteiger partial charge in [0.1, 0.15) is 0 Å². The highest BCUT2D eigenvalue weighted by atomic mass is 32.2. The van der Waals surface area contributed by atoms with Gasteiger partial charge in [0.05, 0.1) is 5.60 Å². The second kappa shape index (κ2) is 6.12. The zero-order chi connectivity index (χ0) is 11.3. The molecule has 0 spiro atoms. The molecule has 2 atom stereocenters. The summed E-state index contributed by atoms with van der Waals surface area (Å²) >= 11 is 1.98. The van der Waals surface area contributed by atoms with Gasteiger partial charge in [-0.25, -0.2) is 0 Å². The molecule has 90 valence electrons. The molecule has 0 aliphatic heterocycles. The van der Waals surface area contributed by atoms with Gasteiger partial charge >= 0.3 is 0 Å². The Labute approximate surface area is 98.2 Å². The van der Waals surface area contributed by atoms with Gasteiger partial charge in [-0.3, -0.25) is 0 Å². The van der Waals surface area contributed by atoms with Crippen molar-refractivity contribution < 1.29 is 5.11 Å². The summed E-state index contributed by atoms with van der Waals surface area (Å²) in [5, 5.41) is 14.5. The number of hydrogen-bond donors (Lipinski definition) is 2. The quantitative estimate of drug-likeness (QED) is 0.736. The number of nitrogens with one attached hydrogen (secondary N) is 1. The van der Waals surface area contributed by atoms with Crippen molar-refractivity contribution in [3.63, 3.8) is 0 Å². The summed E-state index contributed by atoms with van der Waals surface area (Å²) in [6.45, 7) is 4.88. The molecule has 0 aromatic heterocycles. The minimum Gasteiger partial charge on any atom is -0.389 e. The Morgan fingerprint density at radius 3 is 2.47 bits per heavy atom. The van der Waals surface area contributed by atoms with Crippen LogP contribution in [-0.2, 0) is 0 Å². The summed E-state index contributed by atoms with van der Waals surface area (Å²) in [5.41, 5.74) is -0.489. The number of aliphatic hydroxyl groups is 1. The van der Waals surface area contributed by atoms with Crippen LogP contribution in [0.5, 0.6) is 0 Å². The number of hydrogen-bond acceptors (Lipinski definition) is 3. The Hall–Kier alpha value is 0.270. The van der Waals surface area contributed by atoms with E-state index in [1.807, 2.05) is 11.8 Å². The highest BCUT2D eigenvalue weighted by molar-refractivity contribution is 7.99. The first kappa shape index (κ1) is 13.3. The average molecular weight is 231 g/mol. The molecule has 15 heavy (non-hydrogen) atoms. The summed E-state index contributed by atoms with van der Waals surface area (Å²) < 4.78 is 0. The van der Waals surface area contributed by atoms with Crippen molar-refractivity contribution in [2.24, 2.45) is 0 Å². The zero-order valence-corrected chi connectivity index (χ0v) is 11.1. The van der Waals surface area contributed by atoms with Gasteiger partial charge in [-0.05, 0) is 38.4 Å². The van der Waals surface area contributed by atoms with E-state index in [-0.39, 0.29) is 0 Å². The van der Waals surface area contributed by atoms with E-state index in [2.05, 4.69) is 25.4 Å². The van der Waals surface area contributed by atoms with Crippen LogP contribution in [0.15, 0.2) is 0 Å². The van der Waals surface area contributed by atoms with E-state index in [9.17, 15) is 5.11 Å². The molecule has 1 aliphatic rings. The third-order valence-electron chi connectivity index (χ3n) is 3.75. The second-order valence-electron chi connectivity index (χ2n) is 4.68. The third kappa shape index (κ3) is 3.97. The van der Waals surface area contributed by atoms with Crippen LogP contribution in [-0.4, -0.2) is 34.8 Å². The van der Waals surface area contributed by atoms with Crippen LogP contribution in [0, 0.1) is 0 Å². The maximum absolute atomic E-state index is 10.1. The minimum absolute atomic E-state index is 0.489. The summed E-state index contributed by atoms with van der Waals surface area (Å²) in [5.74, 6) is 0. The van der Waals surface area contributed by atoms with E-state index in [1.165, 1.54) is 19.3 Å². The van der Waals surface area contributed by atoms with Crippen molar-refractivity contribution in [2.75, 3.05) is 12.8 Å². The van der Waals surface area contributed by atoms with Crippen LogP contribution in [0.2, 0.25) is 0 Å². The van der Waals surface area contributed by atoms with E-state index >= 15 is 0 Å². The third-order valence-corrected chi connectivity index (χ3v) is 4.85. The van der Waals surface area contributed by atoms with Gasteiger partial charge in [0, 0.05) is 17.8 Å². The lowest BCUT2D eigenvalue weighted by Gasteiger charge is -2.27. The van der Waals surface area contributed by atoms with Crippen molar-refractivity contribution in [1.82, 2.24) is 5.32 Å². The fraction of sp³-hybridized carbons (Fsp3) is 1.00. The molecule has 1 rings (SSSR count). The molecule has 0 heterocycles. The van der Waals surface area contributed by atoms with Gasteiger partial charge in [-0.15, -0.1) is 0 Å². The largest absolute Gasteiger partial charge is 0.389 e. The van der Waals surface area contributed by atoms with Gasteiger partial charge < -0.3 is 10.4 Å². The molecule has 0 aromatic rings. The van der Waals surface area contributed by atoms with Crippen molar-refractivity contribution in [2.45, 2.75) is 62.8 Å². The Balaban J connectivity index is 2.25.